The first-order valence-corrected chi connectivity index (χ1v) is 8.48. The first kappa shape index (κ1) is 18.6. The van der Waals surface area contributed by atoms with Crippen molar-refractivity contribution in [3.05, 3.63) is 59.7 Å². The summed E-state index contributed by atoms with van der Waals surface area (Å²) in [6, 6.07) is 15.6. The molecule has 0 aliphatic rings. The molecule has 0 fully saturated rings. The molecule has 0 radical (unpaired) electrons. The van der Waals surface area contributed by atoms with Crippen LogP contribution in [0.5, 0.6) is 11.5 Å². The molecule has 0 unspecified atom stereocenters. The Morgan fingerprint density at radius 2 is 1.88 bits per heavy atom. The summed E-state index contributed by atoms with van der Waals surface area (Å²) in [5.74, 6) is 1.38. The van der Waals surface area contributed by atoms with Gasteiger partial charge in [0.25, 0.3) is 0 Å². The fourth-order valence-corrected chi connectivity index (χ4v) is 2.46. The zero-order valence-electron chi connectivity index (χ0n) is 15.1. The fraction of sp³-hybridized carbons (Fsp3) is 0.350. The third kappa shape index (κ3) is 5.71. The lowest BCUT2D eigenvalue weighted by Crippen LogP contribution is -2.41. The van der Waals surface area contributed by atoms with E-state index < -0.39 is 0 Å². The van der Waals surface area contributed by atoms with Gasteiger partial charge in [-0.25, -0.2) is 4.79 Å². The number of urea groups is 1. The van der Waals surface area contributed by atoms with Crippen molar-refractivity contribution < 1.29 is 14.3 Å². The van der Waals surface area contributed by atoms with Gasteiger partial charge in [0.2, 0.25) is 0 Å². The number of nitrogens with zero attached hydrogens (tertiary/aromatic N) is 1. The Bertz CT molecular complexity index is 674. The molecule has 134 valence electrons. The molecule has 0 aliphatic carbocycles. The van der Waals surface area contributed by atoms with E-state index in [9.17, 15) is 4.79 Å². The number of nitrogens with one attached hydrogen (secondary N) is 1. The minimum Gasteiger partial charge on any atom is -0.493 e. The van der Waals surface area contributed by atoms with Crippen LogP contribution in [0.2, 0.25) is 0 Å². The van der Waals surface area contributed by atoms with Gasteiger partial charge in [-0.05, 0) is 37.1 Å². The number of methoxy groups -OCH3 is 1. The van der Waals surface area contributed by atoms with Crippen LogP contribution in [-0.2, 0) is 6.54 Å². The largest absolute Gasteiger partial charge is 0.493 e. The van der Waals surface area contributed by atoms with Gasteiger partial charge >= 0.3 is 6.03 Å². The minimum atomic E-state index is -0.0918. The van der Waals surface area contributed by atoms with Crippen LogP contribution in [0.4, 0.5) is 4.79 Å². The van der Waals surface area contributed by atoms with Crippen molar-refractivity contribution in [2.75, 3.05) is 26.8 Å². The number of aryl methyl sites for hydroxylation is 1. The van der Waals surface area contributed by atoms with Crippen molar-refractivity contribution in [3.8, 4) is 11.5 Å². The van der Waals surface area contributed by atoms with E-state index in [0.717, 1.165) is 11.1 Å². The molecular formula is C20H26N2O3. The Hall–Kier alpha value is -2.69. The summed E-state index contributed by atoms with van der Waals surface area (Å²) in [7, 11) is 1.62. The van der Waals surface area contributed by atoms with E-state index in [0.29, 0.717) is 37.7 Å². The number of benzene rings is 2. The Labute approximate surface area is 149 Å². The summed E-state index contributed by atoms with van der Waals surface area (Å²) in [5.41, 5.74) is 2.22. The molecule has 0 aliphatic heterocycles. The van der Waals surface area contributed by atoms with Crippen LogP contribution >= 0.6 is 0 Å². The number of hydrogen-bond donors (Lipinski definition) is 1. The van der Waals surface area contributed by atoms with Crippen molar-refractivity contribution in [1.29, 1.82) is 0 Å². The first-order valence-electron chi connectivity index (χ1n) is 8.48. The van der Waals surface area contributed by atoms with Crippen LogP contribution in [0.3, 0.4) is 0 Å². The van der Waals surface area contributed by atoms with Crippen LogP contribution in [0.15, 0.2) is 48.5 Å². The number of hydrogen-bond acceptors (Lipinski definition) is 3. The summed E-state index contributed by atoms with van der Waals surface area (Å²) < 4.78 is 11.0. The molecule has 0 atom stereocenters. The predicted octanol–water partition coefficient (Wildman–Crippen LogP) is 3.61. The van der Waals surface area contributed by atoms with Gasteiger partial charge in [-0.15, -0.1) is 0 Å². The lowest BCUT2D eigenvalue weighted by atomic mass is 10.2. The molecule has 1 N–H and O–H groups in total. The average molecular weight is 342 g/mol. The molecule has 0 bridgehead atoms. The van der Waals surface area contributed by atoms with Gasteiger partial charge in [-0.2, -0.15) is 0 Å². The predicted molar refractivity (Wildman–Crippen MR) is 99.2 cm³/mol. The fourth-order valence-electron chi connectivity index (χ4n) is 2.46. The Balaban J connectivity index is 1.79. The normalized spacial score (nSPS) is 10.2. The van der Waals surface area contributed by atoms with E-state index >= 15 is 0 Å². The molecule has 5 heteroatoms. The molecule has 0 spiro atoms. The molecule has 5 nitrogen and oxygen atoms in total. The summed E-state index contributed by atoms with van der Waals surface area (Å²) in [5, 5.41) is 2.89. The first-order chi connectivity index (χ1) is 12.1. The molecule has 0 saturated carbocycles. The SMILES string of the molecule is CCN(Cc1ccccc1)C(=O)NCCOc1ccc(C)cc1OC. The lowest BCUT2D eigenvalue weighted by Gasteiger charge is -2.21. The van der Waals surface area contributed by atoms with Crippen LogP contribution < -0.4 is 14.8 Å². The highest BCUT2D eigenvalue weighted by molar-refractivity contribution is 5.74. The number of amides is 2. The summed E-state index contributed by atoms with van der Waals surface area (Å²) in [4.78, 5) is 14.1. The zero-order valence-corrected chi connectivity index (χ0v) is 15.1. The van der Waals surface area contributed by atoms with Crippen molar-refractivity contribution in [1.82, 2.24) is 10.2 Å². The quantitative estimate of drug-likeness (QED) is 0.746. The van der Waals surface area contributed by atoms with Gasteiger partial charge < -0.3 is 19.7 Å². The van der Waals surface area contributed by atoms with Crippen LogP contribution in [0.1, 0.15) is 18.1 Å². The monoisotopic (exact) mass is 342 g/mol. The molecule has 2 amide bonds. The lowest BCUT2D eigenvalue weighted by molar-refractivity contribution is 0.194. The van der Waals surface area contributed by atoms with Gasteiger partial charge in [0.05, 0.1) is 13.7 Å². The van der Waals surface area contributed by atoms with Crippen LogP contribution in [0.25, 0.3) is 0 Å². The van der Waals surface area contributed by atoms with Gasteiger partial charge in [0.15, 0.2) is 11.5 Å². The van der Waals surface area contributed by atoms with E-state index in [1.807, 2.05) is 62.4 Å². The number of rotatable bonds is 8. The van der Waals surface area contributed by atoms with E-state index in [1.54, 1.807) is 12.0 Å². The summed E-state index contributed by atoms with van der Waals surface area (Å²) in [6.45, 7) is 6.02. The molecular weight excluding hydrogens is 316 g/mol. The summed E-state index contributed by atoms with van der Waals surface area (Å²) in [6.07, 6.45) is 0. The van der Waals surface area contributed by atoms with Gasteiger partial charge in [0, 0.05) is 13.1 Å². The van der Waals surface area contributed by atoms with Gasteiger partial charge in [-0.1, -0.05) is 36.4 Å². The number of carbonyl (C=O) groups excluding carboxylic acids is 1. The minimum absolute atomic E-state index is 0.0918. The van der Waals surface area contributed by atoms with E-state index in [2.05, 4.69) is 5.32 Å². The van der Waals surface area contributed by atoms with E-state index in [4.69, 9.17) is 9.47 Å². The number of ether oxygens (including phenoxy) is 2. The maximum Gasteiger partial charge on any atom is 0.317 e. The van der Waals surface area contributed by atoms with Crippen molar-refractivity contribution in [3.63, 3.8) is 0 Å². The van der Waals surface area contributed by atoms with Crippen molar-refractivity contribution >= 4 is 6.03 Å². The molecule has 25 heavy (non-hydrogen) atoms. The third-order valence-electron chi connectivity index (χ3n) is 3.84. The van der Waals surface area contributed by atoms with Crippen molar-refractivity contribution in [2.24, 2.45) is 0 Å². The standard InChI is InChI=1S/C20H26N2O3/c1-4-22(15-17-8-6-5-7-9-17)20(23)21-12-13-25-18-11-10-16(2)14-19(18)24-3/h5-11,14H,4,12-13,15H2,1-3H3,(H,21,23). The second-order valence-corrected chi connectivity index (χ2v) is 5.73. The average Bonchev–Trinajstić information content (AvgIpc) is 2.64. The van der Waals surface area contributed by atoms with Gasteiger partial charge in [0.1, 0.15) is 6.61 Å². The maximum atomic E-state index is 12.3. The highest BCUT2D eigenvalue weighted by Gasteiger charge is 2.11. The topological polar surface area (TPSA) is 50.8 Å². The highest BCUT2D eigenvalue weighted by Crippen LogP contribution is 2.27. The second-order valence-electron chi connectivity index (χ2n) is 5.73. The van der Waals surface area contributed by atoms with Crippen LogP contribution in [0, 0.1) is 6.92 Å². The molecule has 0 aromatic heterocycles. The van der Waals surface area contributed by atoms with Crippen LogP contribution in [-0.4, -0.2) is 37.7 Å². The molecule has 0 saturated heterocycles. The highest BCUT2D eigenvalue weighted by atomic mass is 16.5. The number of carbonyl (C=O) groups is 1. The Morgan fingerprint density at radius 1 is 1.12 bits per heavy atom. The zero-order chi connectivity index (χ0) is 18.1. The molecule has 0 heterocycles. The molecule has 2 aromatic carbocycles. The third-order valence-corrected chi connectivity index (χ3v) is 3.84. The Kier molecular flexibility index (Phi) is 7.14. The van der Waals surface area contributed by atoms with E-state index in [1.165, 1.54) is 0 Å². The van der Waals surface area contributed by atoms with Gasteiger partial charge in [-0.3, -0.25) is 0 Å². The smallest absolute Gasteiger partial charge is 0.317 e. The molecule has 2 rings (SSSR count). The maximum absolute atomic E-state index is 12.3. The molecule has 2 aromatic rings. The second kappa shape index (κ2) is 9.57. The van der Waals surface area contributed by atoms with E-state index in [-0.39, 0.29) is 6.03 Å². The van der Waals surface area contributed by atoms with Crippen molar-refractivity contribution in [2.45, 2.75) is 20.4 Å². The summed E-state index contributed by atoms with van der Waals surface area (Å²) >= 11 is 0. The Morgan fingerprint density at radius 3 is 2.56 bits per heavy atom.